The summed E-state index contributed by atoms with van der Waals surface area (Å²) in [5.41, 5.74) is 0.176. The van der Waals surface area contributed by atoms with Crippen molar-refractivity contribution in [3.05, 3.63) is 23.8 Å². The molecule has 1 saturated carbocycles. The van der Waals surface area contributed by atoms with E-state index in [4.69, 9.17) is 9.88 Å². The zero-order valence-corrected chi connectivity index (χ0v) is 12.1. The van der Waals surface area contributed by atoms with Crippen molar-refractivity contribution in [1.29, 1.82) is 0 Å². The smallest absolute Gasteiger partial charge is 0.255 e. The number of hydrogen-bond acceptors (Lipinski definition) is 4. The number of amides is 1. The van der Waals surface area contributed by atoms with Crippen LogP contribution in [0.1, 0.15) is 29.6 Å². The minimum absolute atomic E-state index is 0.106. The number of methoxy groups -OCH3 is 1. The van der Waals surface area contributed by atoms with Crippen molar-refractivity contribution in [2.24, 2.45) is 11.1 Å². The zero-order chi connectivity index (χ0) is 14.8. The second-order valence-corrected chi connectivity index (χ2v) is 6.46. The molecule has 0 atom stereocenters. The number of hydrogen-bond donors (Lipinski definition) is 2. The van der Waals surface area contributed by atoms with E-state index in [0.29, 0.717) is 18.2 Å². The monoisotopic (exact) mass is 298 g/mol. The van der Waals surface area contributed by atoms with Crippen molar-refractivity contribution in [1.82, 2.24) is 5.32 Å². The summed E-state index contributed by atoms with van der Waals surface area (Å²) < 4.78 is 27.7. The molecule has 0 saturated heterocycles. The summed E-state index contributed by atoms with van der Waals surface area (Å²) in [5.74, 6) is 0.683. The van der Waals surface area contributed by atoms with Crippen LogP contribution in [0.25, 0.3) is 0 Å². The molecule has 1 amide bonds. The first kappa shape index (κ1) is 14.8. The van der Waals surface area contributed by atoms with Crippen molar-refractivity contribution in [3.63, 3.8) is 0 Å². The molecular weight excluding hydrogens is 280 g/mol. The number of carbonyl (C=O) groups is 1. The second kappa shape index (κ2) is 5.80. The Labute approximate surface area is 118 Å². The van der Waals surface area contributed by atoms with Crippen molar-refractivity contribution < 1.29 is 17.9 Å². The average molecular weight is 298 g/mol. The quantitative estimate of drug-likeness (QED) is 0.814. The number of nitrogens with one attached hydrogen (secondary N) is 1. The van der Waals surface area contributed by atoms with Gasteiger partial charge in [0.15, 0.2) is 0 Å². The molecule has 1 aromatic rings. The van der Waals surface area contributed by atoms with Crippen LogP contribution in [-0.2, 0) is 10.0 Å². The third kappa shape index (κ3) is 3.71. The van der Waals surface area contributed by atoms with Crippen LogP contribution in [0.5, 0.6) is 5.75 Å². The van der Waals surface area contributed by atoms with Gasteiger partial charge in [0.2, 0.25) is 10.0 Å². The van der Waals surface area contributed by atoms with Gasteiger partial charge in [-0.05, 0) is 30.5 Å². The first-order valence-corrected chi connectivity index (χ1v) is 7.95. The SMILES string of the molecule is COc1ccc(S(N)(=O)=O)cc1C(=O)NCCC1CC1. The molecule has 0 spiro atoms. The van der Waals surface area contributed by atoms with E-state index in [1.807, 2.05) is 0 Å². The molecule has 110 valence electrons. The van der Waals surface area contributed by atoms with E-state index in [-0.39, 0.29) is 16.4 Å². The molecule has 1 aliphatic carbocycles. The lowest BCUT2D eigenvalue weighted by atomic mass is 10.2. The van der Waals surface area contributed by atoms with Crippen LogP contribution >= 0.6 is 0 Å². The lowest BCUT2D eigenvalue weighted by Crippen LogP contribution is -2.25. The Morgan fingerprint density at radius 3 is 2.70 bits per heavy atom. The van der Waals surface area contributed by atoms with Gasteiger partial charge in [-0.15, -0.1) is 0 Å². The number of ether oxygens (including phenoxy) is 1. The summed E-state index contributed by atoms with van der Waals surface area (Å²) in [6.07, 6.45) is 3.39. The fraction of sp³-hybridized carbons (Fsp3) is 0.462. The maximum absolute atomic E-state index is 12.1. The van der Waals surface area contributed by atoms with Crippen LogP contribution in [0.15, 0.2) is 23.1 Å². The van der Waals surface area contributed by atoms with Gasteiger partial charge in [0.05, 0.1) is 17.6 Å². The van der Waals surface area contributed by atoms with E-state index in [1.165, 1.54) is 38.2 Å². The normalized spacial score (nSPS) is 14.9. The molecule has 1 aliphatic rings. The van der Waals surface area contributed by atoms with Crippen LogP contribution in [0.2, 0.25) is 0 Å². The van der Waals surface area contributed by atoms with Gasteiger partial charge in [-0.3, -0.25) is 4.79 Å². The fourth-order valence-corrected chi connectivity index (χ4v) is 2.47. The number of benzene rings is 1. The van der Waals surface area contributed by atoms with Gasteiger partial charge in [0.25, 0.3) is 5.91 Å². The number of primary sulfonamides is 1. The number of sulfonamides is 1. The van der Waals surface area contributed by atoms with Crippen LogP contribution in [0, 0.1) is 5.92 Å². The van der Waals surface area contributed by atoms with E-state index in [1.54, 1.807) is 0 Å². The van der Waals surface area contributed by atoms with Gasteiger partial charge in [-0.25, -0.2) is 13.6 Å². The number of carbonyl (C=O) groups excluding carboxylic acids is 1. The number of rotatable bonds is 6. The van der Waals surface area contributed by atoms with E-state index in [2.05, 4.69) is 5.32 Å². The van der Waals surface area contributed by atoms with Crippen molar-refractivity contribution >= 4 is 15.9 Å². The molecule has 6 nitrogen and oxygen atoms in total. The zero-order valence-electron chi connectivity index (χ0n) is 11.3. The standard InChI is InChI=1S/C13H18N2O4S/c1-19-12-5-4-10(20(14,17)18)8-11(12)13(16)15-7-6-9-2-3-9/h4-5,8-9H,2-3,6-7H2,1H3,(H,15,16)(H2,14,17,18). The summed E-state index contributed by atoms with van der Waals surface area (Å²) in [6, 6.07) is 3.98. The molecule has 1 aromatic carbocycles. The Kier molecular flexibility index (Phi) is 4.29. The largest absolute Gasteiger partial charge is 0.496 e. The molecule has 0 heterocycles. The van der Waals surface area contributed by atoms with Crippen LogP contribution in [0.3, 0.4) is 0 Å². The third-order valence-electron chi connectivity index (χ3n) is 3.28. The summed E-state index contributed by atoms with van der Waals surface area (Å²) in [5, 5.41) is 7.83. The Bertz CT molecular complexity index is 609. The van der Waals surface area contributed by atoms with E-state index in [9.17, 15) is 13.2 Å². The van der Waals surface area contributed by atoms with Gasteiger partial charge in [0, 0.05) is 6.54 Å². The topological polar surface area (TPSA) is 98.5 Å². The molecule has 0 radical (unpaired) electrons. The fourth-order valence-electron chi connectivity index (χ4n) is 1.93. The van der Waals surface area contributed by atoms with Gasteiger partial charge in [-0.2, -0.15) is 0 Å². The molecule has 0 bridgehead atoms. The predicted octanol–water partition coefficient (Wildman–Crippen LogP) is 0.872. The minimum Gasteiger partial charge on any atom is -0.496 e. The third-order valence-corrected chi connectivity index (χ3v) is 4.19. The molecule has 2 rings (SSSR count). The molecule has 0 aliphatic heterocycles. The van der Waals surface area contributed by atoms with Crippen molar-refractivity contribution in [2.75, 3.05) is 13.7 Å². The molecule has 20 heavy (non-hydrogen) atoms. The van der Waals surface area contributed by atoms with Gasteiger partial charge in [-0.1, -0.05) is 12.8 Å². The second-order valence-electron chi connectivity index (χ2n) is 4.90. The van der Waals surface area contributed by atoms with E-state index < -0.39 is 10.0 Å². The van der Waals surface area contributed by atoms with E-state index in [0.717, 1.165) is 6.42 Å². The Hall–Kier alpha value is -1.60. The first-order valence-electron chi connectivity index (χ1n) is 6.41. The van der Waals surface area contributed by atoms with Gasteiger partial charge >= 0.3 is 0 Å². The highest BCUT2D eigenvalue weighted by atomic mass is 32.2. The summed E-state index contributed by atoms with van der Waals surface area (Å²) in [4.78, 5) is 12.0. The predicted molar refractivity (Wildman–Crippen MR) is 74.0 cm³/mol. The van der Waals surface area contributed by atoms with Crippen LogP contribution in [-0.4, -0.2) is 28.0 Å². The molecule has 1 fully saturated rings. The molecule has 0 aromatic heterocycles. The first-order chi connectivity index (χ1) is 9.41. The van der Waals surface area contributed by atoms with Crippen LogP contribution < -0.4 is 15.2 Å². The van der Waals surface area contributed by atoms with Gasteiger partial charge < -0.3 is 10.1 Å². The lowest BCUT2D eigenvalue weighted by Gasteiger charge is -2.10. The van der Waals surface area contributed by atoms with Crippen molar-refractivity contribution in [2.45, 2.75) is 24.2 Å². The van der Waals surface area contributed by atoms with E-state index >= 15 is 0 Å². The number of nitrogens with two attached hydrogens (primary N) is 1. The Balaban J connectivity index is 2.15. The average Bonchev–Trinajstić information content (AvgIpc) is 3.21. The Morgan fingerprint density at radius 2 is 2.15 bits per heavy atom. The van der Waals surface area contributed by atoms with Crippen molar-refractivity contribution in [3.8, 4) is 5.75 Å². The van der Waals surface area contributed by atoms with Crippen LogP contribution in [0.4, 0.5) is 0 Å². The highest BCUT2D eigenvalue weighted by molar-refractivity contribution is 7.89. The molecule has 3 N–H and O–H groups in total. The summed E-state index contributed by atoms with van der Waals surface area (Å²) in [7, 11) is -2.42. The highest BCUT2D eigenvalue weighted by Crippen LogP contribution is 2.31. The molecule has 0 unspecified atom stereocenters. The maximum atomic E-state index is 12.1. The minimum atomic E-state index is -3.84. The van der Waals surface area contributed by atoms with Gasteiger partial charge in [0.1, 0.15) is 5.75 Å². The Morgan fingerprint density at radius 1 is 1.45 bits per heavy atom. The summed E-state index contributed by atoms with van der Waals surface area (Å²) >= 11 is 0. The maximum Gasteiger partial charge on any atom is 0.255 e. The highest BCUT2D eigenvalue weighted by Gasteiger charge is 2.21. The lowest BCUT2D eigenvalue weighted by molar-refractivity contribution is 0.0949. The molecule has 7 heteroatoms. The molecular formula is C13H18N2O4S. The summed E-state index contributed by atoms with van der Waals surface area (Å²) in [6.45, 7) is 0.576.